The Hall–Kier alpha value is -2.79. The van der Waals surface area contributed by atoms with Crippen LogP contribution >= 0.6 is 11.6 Å². The molecular weight excluding hydrogens is 352 g/mol. The van der Waals surface area contributed by atoms with Crippen LogP contribution in [-0.2, 0) is 4.79 Å². The maximum atomic E-state index is 12.3. The number of hydrogen-bond donors (Lipinski definition) is 1. The quantitative estimate of drug-likeness (QED) is 0.838. The van der Waals surface area contributed by atoms with Gasteiger partial charge in [-0.05, 0) is 48.0 Å². The minimum Gasteiger partial charge on any atom is -0.478 e. The van der Waals surface area contributed by atoms with Gasteiger partial charge in [-0.2, -0.15) is 0 Å². The zero-order chi connectivity index (χ0) is 18.5. The third-order valence-corrected chi connectivity index (χ3v) is 4.61. The number of carbonyl (C=O) groups is 2. The Morgan fingerprint density at radius 2 is 1.54 bits per heavy atom. The molecule has 2 aromatic carbocycles. The Kier molecular flexibility index (Phi) is 5.58. The summed E-state index contributed by atoms with van der Waals surface area (Å²) in [6.07, 6.45) is 3.37. The number of halogens is 1. The lowest BCUT2D eigenvalue weighted by molar-refractivity contribution is -0.126. The first-order chi connectivity index (χ1) is 12.5. The smallest absolute Gasteiger partial charge is 0.335 e. The van der Waals surface area contributed by atoms with E-state index in [2.05, 4.69) is 4.90 Å². The van der Waals surface area contributed by atoms with Gasteiger partial charge >= 0.3 is 5.97 Å². The molecule has 0 bridgehead atoms. The average molecular weight is 371 g/mol. The van der Waals surface area contributed by atoms with Gasteiger partial charge < -0.3 is 14.9 Å². The normalized spacial score (nSPS) is 14.7. The van der Waals surface area contributed by atoms with Crippen molar-refractivity contribution in [3.05, 3.63) is 70.8 Å². The van der Waals surface area contributed by atoms with Crippen molar-refractivity contribution in [3.63, 3.8) is 0 Å². The van der Waals surface area contributed by atoms with Crippen LogP contribution in [0.3, 0.4) is 0 Å². The summed E-state index contributed by atoms with van der Waals surface area (Å²) in [5.74, 6) is -0.944. The number of carboxylic acids is 1. The van der Waals surface area contributed by atoms with E-state index in [-0.39, 0.29) is 11.5 Å². The van der Waals surface area contributed by atoms with Crippen molar-refractivity contribution in [3.8, 4) is 0 Å². The first-order valence-electron chi connectivity index (χ1n) is 8.34. The number of aromatic carboxylic acids is 1. The summed E-state index contributed by atoms with van der Waals surface area (Å²) < 4.78 is 0. The topological polar surface area (TPSA) is 60.9 Å². The van der Waals surface area contributed by atoms with Crippen molar-refractivity contribution >= 4 is 35.2 Å². The summed E-state index contributed by atoms with van der Waals surface area (Å²) in [6, 6.07) is 14.1. The van der Waals surface area contributed by atoms with E-state index in [1.54, 1.807) is 48.6 Å². The van der Waals surface area contributed by atoms with Crippen LogP contribution in [0.15, 0.2) is 54.6 Å². The number of hydrogen-bond acceptors (Lipinski definition) is 3. The predicted molar refractivity (Wildman–Crippen MR) is 103 cm³/mol. The fourth-order valence-electron chi connectivity index (χ4n) is 2.85. The molecule has 1 amide bonds. The van der Waals surface area contributed by atoms with Crippen LogP contribution in [0.25, 0.3) is 6.08 Å². The van der Waals surface area contributed by atoms with Gasteiger partial charge in [0.05, 0.1) is 5.56 Å². The molecule has 0 saturated carbocycles. The molecule has 0 spiro atoms. The number of carbonyl (C=O) groups excluding carboxylic acids is 1. The number of anilines is 1. The van der Waals surface area contributed by atoms with E-state index in [1.165, 1.54) is 0 Å². The van der Waals surface area contributed by atoms with Crippen LogP contribution < -0.4 is 4.90 Å². The van der Waals surface area contributed by atoms with Crippen LogP contribution in [0.1, 0.15) is 15.9 Å². The molecule has 6 heteroatoms. The second kappa shape index (κ2) is 8.06. The molecule has 26 heavy (non-hydrogen) atoms. The summed E-state index contributed by atoms with van der Waals surface area (Å²) in [7, 11) is 0. The van der Waals surface area contributed by atoms with Crippen LogP contribution in [0.2, 0.25) is 5.02 Å². The molecule has 1 aliphatic rings. The minimum absolute atomic E-state index is 0.0131. The molecule has 1 N–H and O–H groups in total. The number of nitrogens with zero attached hydrogens (tertiary/aromatic N) is 2. The largest absolute Gasteiger partial charge is 0.478 e. The predicted octanol–water partition coefficient (Wildman–Crippen LogP) is 3.40. The van der Waals surface area contributed by atoms with E-state index in [4.69, 9.17) is 16.7 Å². The molecule has 2 aromatic rings. The van der Waals surface area contributed by atoms with Crippen LogP contribution in [0.4, 0.5) is 5.69 Å². The van der Waals surface area contributed by atoms with Crippen molar-refractivity contribution in [2.75, 3.05) is 31.1 Å². The maximum Gasteiger partial charge on any atom is 0.335 e. The van der Waals surface area contributed by atoms with Crippen molar-refractivity contribution in [2.24, 2.45) is 0 Å². The van der Waals surface area contributed by atoms with Crippen molar-refractivity contribution in [2.45, 2.75) is 0 Å². The number of rotatable bonds is 4. The fraction of sp³-hybridized carbons (Fsp3) is 0.200. The summed E-state index contributed by atoms with van der Waals surface area (Å²) in [6.45, 7) is 2.69. The highest BCUT2D eigenvalue weighted by atomic mass is 35.5. The zero-order valence-electron chi connectivity index (χ0n) is 14.1. The Morgan fingerprint density at radius 3 is 2.12 bits per heavy atom. The summed E-state index contributed by atoms with van der Waals surface area (Å²) in [5, 5.41) is 9.63. The van der Waals surface area contributed by atoms with E-state index >= 15 is 0 Å². The van der Waals surface area contributed by atoms with E-state index in [9.17, 15) is 9.59 Å². The zero-order valence-corrected chi connectivity index (χ0v) is 14.9. The van der Waals surface area contributed by atoms with Gasteiger partial charge in [0.15, 0.2) is 0 Å². The molecule has 1 saturated heterocycles. The lowest BCUT2D eigenvalue weighted by atomic mass is 10.1. The van der Waals surface area contributed by atoms with Crippen molar-refractivity contribution in [1.82, 2.24) is 4.90 Å². The van der Waals surface area contributed by atoms with Gasteiger partial charge in [-0.3, -0.25) is 4.79 Å². The third kappa shape index (κ3) is 4.43. The van der Waals surface area contributed by atoms with E-state index in [1.807, 2.05) is 17.0 Å². The lowest BCUT2D eigenvalue weighted by Gasteiger charge is -2.35. The number of carboxylic acid groups (broad SMARTS) is 1. The van der Waals surface area contributed by atoms with Crippen molar-refractivity contribution in [1.29, 1.82) is 0 Å². The number of amides is 1. The maximum absolute atomic E-state index is 12.3. The Balaban J connectivity index is 1.55. The highest BCUT2D eigenvalue weighted by molar-refractivity contribution is 6.30. The molecule has 134 valence electrons. The molecule has 3 rings (SSSR count). The lowest BCUT2D eigenvalue weighted by Crippen LogP contribution is -2.48. The SMILES string of the molecule is O=C(O)c1ccc(N2CCN(C(=O)C=Cc3ccc(Cl)cc3)CC2)cc1. The van der Waals surface area contributed by atoms with Gasteiger partial charge in [0.2, 0.25) is 5.91 Å². The monoisotopic (exact) mass is 370 g/mol. The average Bonchev–Trinajstić information content (AvgIpc) is 2.67. The first-order valence-corrected chi connectivity index (χ1v) is 8.71. The molecule has 1 heterocycles. The summed E-state index contributed by atoms with van der Waals surface area (Å²) in [4.78, 5) is 27.2. The minimum atomic E-state index is -0.931. The number of piperazine rings is 1. The van der Waals surface area contributed by atoms with Crippen LogP contribution in [0.5, 0.6) is 0 Å². The molecule has 0 atom stereocenters. The van der Waals surface area contributed by atoms with Crippen molar-refractivity contribution < 1.29 is 14.7 Å². The Bertz CT molecular complexity index is 808. The highest BCUT2D eigenvalue weighted by Crippen LogP contribution is 2.18. The molecule has 0 aromatic heterocycles. The third-order valence-electron chi connectivity index (χ3n) is 4.36. The van der Waals surface area contributed by atoms with E-state index in [0.29, 0.717) is 31.2 Å². The molecule has 1 fully saturated rings. The summed E-state index contributed by atoms with van der Waals surface area (Å²) in [5.41, 5.74) is 2.17. The first kappa shape index (κ1) is 18.0. The van der Waals surface area contributed by atoms with Gasteiger partial charge in [-0.15, -0.1) is 0 Å². The van der Waals surface area contributed by atoms with Gasteiger partial charge in [0, 0.05) is 43.0 Å². The molecule has 0 aliphatic carbocycles. The van der Waals surface area contributed by atoms with E-state index in [0.717, 1.165) is 11.3 Å². The van der Waals surface area contributed by atoms with Crippen LogP contribution in [0, 0.1) is 0 Å². The Labute approximate surface area is 157 Å². The fourth-order valence-corrected chi connectivity index (χ4v) is 2.97. The molecule has 0 radical (unpaired) electrons. The van der Waals surface area contributed by atoms with Crippen LogP contribution in [-0.4, -0.2) is 48.1 Å². The second-order valence-corrected chi connectivity index (χ2v) is 6.49. The van der Waals surface area contributed by atoms with Gasteiger partial charge in [-0.25, -0.2) is 4.79 Å². The van der Waals surface area contributed by atoms with Gasteiger partial charge in [0.1, 0.15) is 0 Å². The summed E-state index contributed by atoms with van der Waals surface area (Å²) >= 11 is 5.85. The Morgan fingerprint density at radius 1 is 0.923 bits per heavy atom. The second-order valence-electron chi connectivity index (χ2n) is 6.05. The van der Waals surface area contributed by atoms with E-state index < -0.39 is 5.97 Å². The number of benzene rings is 2. The van der Waals surface area contributed by atoms with Gasteiger partial charge in [0.25, 0.3) is 0 Å². The molecule has 5 nitrogen and oxygen atoms in total. The molecule has 0 unspecified atom stereocenters. The molecule has 1 aliphatic heterocycles. The highest BCUT2D eigenvalue weighted by Gasteiger charge is 2.20. The standard InChI is InChI=1S/C20H19ClN2O3/c21-17-6-1-15(2-7-17)3-10-19(24)23-13-11-22(12-14-23)18-8-4-16(5-9-18)20(25)26/h1-10H,11-14H2,(H,25,26). The van der Waals surface area contributed by atoms with Gasteiger partial charge in [-0.1, -0.05) is 23.7 Å². The molecular formula is C20H19ClN2O3.